The second kappa shape index (κ2) is 7.60. The lowest BCUT2D eigenvalue weighted by Crippen LogP contribution is -2.21. The summed E-state index contributed by atoms with van der Waals surface area (Å²) in [4.78, 5) is 14.6. The molecular weight excluding hydrogens is 312 g/mol. The highest BCUT2D eigenvalue weighted by atomic mass is 16.5. The van der Waals surface area contributed by atoms with Crippen molar-refractivity contribution in [3.05, 3.63) is 53.1 Å². The van der Waals surface area contributed by atoms with Gasteiger partial charge in [0.05, 0.1) is 0 Å². The Labute approximate surface area is 149 Å². The summed E-state index contributed by atoms with van der Waals surface area (Å²) in [6.07, 6.45) is 2.51. The Morgan fingerprint density at radius 3 is 2.52 bits per heavy atom. The van der Waals surface area contributed by atoms with Crippen molar-refractivity contribution in [3.63, 3.8) is 0 Å². The van der Waals surface area contributed by atoms with Crippen LogP contribution in [0, 0.1) is 20.8 Å². The second-order valence-electron chi connectivity index (χ2n) is 6.80. The Bertz CT molecular complexity index is 764. The normalized spacial score (nSPS) is 13.8. The summed E-state index contributed by atoms with van der Waals surface area (Å²) < 4.78 is 5.68. The fourth-order valence-electron chi connectivity index (χ4n) is 3.15. The summed E-state index contributed by atoms with van der Waals surface area (Å²) in [6.45, 7) is 8.27. The number of benzene rings is 2. The topological polar surface area (TPSA) is 41.6 Å². The Kier molecular flexibility index (Phi) is 5.27. The van der Waals surface area contributed by atoms with Crippen LogP contribution in [-0.4, -0.2) is 25.6 Å². The van der Waals surface area contributed by atoms with Gasteiger partial charge in [0.15, 0.2) is 6.61 Å². The molecule has 3 rings (SSSR count). The second-order valence-corrected chi connectivity index (χ2v) is 6.80. The molecule has 1 saturated heterocycles. The summed E-state index contributed by atoms with van der Waals surface area (Å²) in [7, 11) is 0. The molecule has 1 fully saturated rings. The van der Waals surface area contributed by atoms with Crippen LogP contribution in [0.2, 0.25) is 0 Å². The minimum absolute atomic E-state index is 0.0115. The van der Waals surface area contributed by atoms with Crippen LogP contribution in [0.1, 0.15) is 29.5 Å². The van der Waals surface area contributed by atoms with E-state index in [9.17, 15) is 4.79 Å². The third-order valence-electron chi connectivity index (χ3n) is 4.66. The number of ether oxygens (including phenoxy) is 1. The molecule has 0 atom stereocenters. The lowest BCUT2D eigenvalue weighted by atomic mass is 10.1. The van der Waals surface area contributed by atoms with Crippen molar-refractivity contribution in [2.45, 2.75) is 33.6 Å². The highest BCUT2D eigenvalue weighted by Gasteiger charge is 2.14. The SMILES string of the molecule is Cc1ccc(C)c(OCC(=O)Nc2ccc(N3CCCC3)cc2C)c1. The molecule has 2 aromatic carbocycles. The molecule has 0 radical (unpaired) electrons. The number of aryl methyl sites for hydroxylation is 3. The largest absolute Gasteiger partial charge is 0.483 e. The monoisotopic (exact) mass is 338 g/mol. The number of carbonyl (C=O) groups is 1. The first-order chi connectivity index (χ1) is 12.0. The Morgan fingerprint density at radius 2 is 1.80 bits per heavy atom. The third-order valence-corrected chi connectivity index (χ3v) is 4.66. The molecule has 4 heteroatoms. The molecule has 1 amide bonds. The van der Waals surface area contributed by atoms with Crippen molar-refractivity contribution in [3.8, 4) is 5.75 Å². The quantitative estimate of drug-likeness (QED) is 0.887. The van der Waals surface area contributed by atoms with E-state index in [4.69, 9.17) is 4.74 Å². The molecule has 1 heterocycles. The lowest BCUT2D eigenvalue weighted by molar-refractivity contribution is -0.118. The van der Waals surface area contributed by atoms with E-state index in [-0.39, 0.29) is 12.5 Å². The highest BCUT2D eigenvalue weighted by molar-refractivity contribution is 5.92. The van der Waals surface area contributed by atoms with Gasteiger partial charge >= 0.3 is 0 Å². The van der Waals surface area contributed by atoms with E-state index in [0.717, 1.165) is 41.2 Å². The highest BCUT2D eigenvalue weighted by Crippen LogP contribution is 2.25. The molecule has 2 aromatic rings. The summed E-state index contributed by atoms with van der Waals surface area (Å²) in [5.74, 6) is 0.620. The standard InChI is InChI=1S/C21H26N2O2/c1-15-6-7-16(2)20(12-15)25-14-21(24)22-19-9-8-18(13-17(19)3)23-10-4-5-11-23/h6-9,12-13H,4-5,10-11,14H2,1-3H3,(H,22,24). The molecule has 1 aliphatic rings. The van der Waals surface area contributed by atoms with Gasteiger partial charge in [-0.2, -0.15) is 0 Å². The van der Waals surface area contributed by atoms with Crippen LogP contribution < -0.4 is 15.0 Å². The van der Waals surface area contributed by atoms with Gasteiger partial charge in [0, 0.05) is 24.5 Å². The maximum Gasteiger partial charge on any atom is 0.262 e. The predicted molar refractivity (Wildman–Crippen MR) is 103 cm³/mol. The van der Waals surface area contributed by atoms with E-state index in [0.29, 0.717) is 0 Å². The van der Waals surface area contributed by atoms with E-state index in [1.165, 1.54) is 18.5 Å². The molecule has 0 spiro atoms. The molecular formula is C21H26N2O2. The van der Waals surface area contributed by atoms with Crippen molar-refractivity contribution < 1.29 is 9.53 Å². The van der Waals surface area contributed by atoms with Crippen LogP contribution in [0.5, 0.6) is 5.75 Å². The molecule has 25 heavy (non-hydrogen) atoms. The summed E-state index contributed by atoms with van der Waals surface area (Å²) in [5, 5.41) is 2.95. The van der Waals surface area contributed by atoms with Crippen molar-refractivity contribution in [1.29, 1.82) is 0 Å². The lowest BCUT2D eigenvalue weighted by Gasteiger charge is -2.19. The fourth-order valence-corrected chi connectivity index (χ4v) is 3.15. The number of rotatable bonds is 5. The van der Waals surface area contributed by atoms with E-state index in [2.05, 4.69) is 22.3 Å². The molecule has 0 saturated carbocycles. The number of hydrogen-bond acceptors (Lipinski definition) is 3. The summed E-state index contributed by atoms with van der Waals surface area (Å²) >= 11 is 0. The molecule has 132 valence electrons. The van der Waals surface area contributed by atoms with Crippen LogP contribution in [-0.2, 0) is 4.79 Å². The molecule has 0 aromatic heterocycles. The summed E-state index contributed by atoms with van der Waals surface area (Å²) in [5.41, 5.74) is 5.31. The van der Waals surface area contributed by atoms with Crippen molar-refractivity contribution in [2.75, 3.05) is 29.9 Å². The minimum atomic E-state index is -0.141. The smallest absolute Gasteiger partial charge is 0.262 e. The molecule has 0 bridgehead atoms. The van der Waals surface area contributed by atoms with Crippen molar-refractivity contribution in [2.24, 2.45) is 0 Å². The average Bonchev–Trinajstić information content (AvgIpc) is 3.12. The Hall–Kier alpha value is -2.49. The van der Waals surface area contributed by atoms with Gasteiger partial charge in [-0.1, -0.05) is 12.1 Å². The van der Waals surface area contributed by atoms with Gasteiger partial charge in [-0.25, -0.2) is 0 Å². The van der Waals surface area contributed by atoms with Gasteiger partial charge in [-0.05, 0) is 74.6 Å². The van der Waals surface area contributed by atoms with E-state index < -0.39 is 0 Å². The molecule has 1 aliphatic heterocycles. The predicted octanol–water partition coefficient (Wildman–Crippen LogP) is 4.23. The number of hydrogen-bond donors (Lipinski definition) is 1. The number of nitrogens with zero attached hydrogens (tertiary/aromatic N) is 1. The van der Waals surface area contributed by atoms with E-state index >= 15 is 0 Å². The van der Waals surface area contributed by atoms with Crippen LogP contribution in [0.3, 0.4) is 0 Å². The zero-order chi connectivity index (χ0) is 17.8. The maximum absolute atomic E-state index is 12.2. The van der Waals surface area contributed by atoms with Gasteiger partial charge in [0.2, 0.25) is 0 Å². The minimum Gasteiger partial charge on any atom is -0.483 e. The van der Waals surface area contributed by atoms with Crippen LogP contribution in [0.25, 0.3) is 0 Å². The molecule has 4 nitrogen and oxygen atoms in total. The number of amides is 1. The fraction of sp³-hybridized carbons (Fsp3) is 0.381. The number of nitrogens with one attached hydrogen (secondary N) is 1. The van der Waals surface area contributed by atoms with Gasteiger partial charge in [-0.15, -0.1) is 0 Å². The maximum atomic E-state index is 12.2. The first-order valence-electron chi connectivity index (χ1n) is 8.88. The first kappa shape index (κ1) is 17.3. The Morgan fingerprint density at radius 1 is 1.04 bits per heavy atom. The van der Waals surface area contributed by atoms with Crippen LogP contribution >= 0.6 is 0 Å². The van der Waals surface area contributed by atoms with E-state index in [1.807, 2.05) is 45.0 Å². The van der Waals surface area contributed by atoms with E-state index in [1.54, 1.807) is 0 Å². The van der Waals surface area contributed by atoms with Crippen LogP contribution in [0.15, 0.2) is 36.4 Å². The Balaban J connectivity index is 1.60. The van der Waals surface area contributed by atoms with Gasteiger partial charge in [0.1, 0.15) is 5.75 Å². The zero-order valence-electron chi connectivity index (χ0n) is 15.3. The zero-order valence-corrected chi connectivity index (χ0v) is 15.3. The average molecular weight is 338 g/mol. The van der Waals surface area contributed by atoms with Crippen molar-refractivity contribution in [1.82, 2.24) is 0 Å². The van der Waals surface area contributed by atoms with Gasteiger partial charge < -0.3 is 15.0 Å². The number of carbonyl (C=O) groups excluding carboxylic acids is 1. The van der Waals surface area contributed by atoms with Gasteiger partial charge in [0.25, 0.3) is 5.91 Å². The molecule has 0 unspecified atom stereocenters. The first-order valence-corrected chi connectivity index (χ1v) is 8.88. The van der Waals surface area contributed by atoms with Crippen molar-refractivity contribution >= 4 is 17.3 Å². The van der Waals surface area contributed by atoms with Crippen LogP contribution in [0.4, 0.5) is 11.4 Å². The molecule has 0 aliphatic carbocycles. The molecule has 1 N–H and O–H groups in total. The van der Waals surface area contributed by atoms with Gasteiger partial charge in [-0.3, -0.25) is 4.79 Å². The third kappa shape index (κ3) is 4.32. The summed E-state index contributed by atoms with van der Waals surface area (Å²) in [6, 6.07) is 12.2. The number of anilines is 2.